The van der Waals surface area contributed by atoms with Gasteiger partial charge in [-0.1, -0.05) is 29.8 Å². The number of hydrogen-bond acceptors (Lipinski definition) is 4. The minimum absolute atomic E-state index is 0.130. The average molecular weight is 372 g/mol. The lowest BCUT2D eigenvalue weighted by molar-refractivity contribution is -0.154. The number of benzene rings is 2. The number of carbonyl (C=O) groups is 3. The van der Waals surface area contributed by atoms with Crippen molar-refractivity contribution in [2.24, 2.45) is 0 Å². The predicted octanol–water partition coefficient (Wildman–Crippen LogP) is 3.15. The van der Waals surface area contributed by atoms with E-state index < -0.39 is 18.5 Å². The van der Waals surface area contributed by atoms with Crippen LogP contribution in [-0.2, 0) is 20.7 Å². The van der Waals surface area contributed by atoms with Crippen LogP contribution < -0.4 is 0 Å². The highest BCUT2D eigenvalue weighted by atomic mass is 35.5. The number of nitrogens with zero attached hydrogens (tertiary/aromatic N) is 1. The molecule has 2 aromatic carbocycles. The fraction of sp³-hybridized carbons (Fsp3) is 0.105. The molecule has 1 N–H and O–H groups in total. The van der Waals surface area contributed by atoms with E-state index in [2.05, 4.69) is 4.74 Å². The average Bonchev–Trinajstić information content (AvgIpc) is 2.99. The van der Waals surface area contributed by atoms with Crippen LogP contribution in [0.25, 0.3) is 10.9 Å². The topological polar surface area (TPSA) is 85.6 Å². The van der Waals surface area contributed by atoms with Crippen molar-refractivity contribution >= 4 is 40.3 Å². The van der Waals surface area contributed by atoms with Crippen LogP contribution in [0.5, 0.6) is 0 Å². The Hall–Kier alpha value is -3.12. The number of esters is 1. The van der Waals surface area contributed by atoms with Crippen LogP contribution in [0.1, 0.15) is 15.9 Å². The number of carbonyl (C=O) groups excluding carboxylic acids is 2. The normalized spacial score (nSPS) is 10.7. The monoisotopic (exact) mass is 371 g/mol. The summed E-state index contributed by atoms with van der Waals surface area (Å²) >= 11 is 5.86. The number of carboxylic acids is 1. The Kier molecular flexibility index (Phi) is 5.04. The standard InChI is InChI=1S/C19H14ClNO5/c20-14-7-5-12(6-8-14)19(25)21-10-13(9-18(24)26-11-17(22)23)15-3-1-2-4-16(15)21/h1-8,10H,9,11H2,(H,22,23). The summed E-state index contributed by atoms with van der Waals surface area (Å²) in [5.41, 5.74) is 1.68. The van der Waals surface area contributed by atoms with Gasteiger partial charge in [-0.25, -0.2) is 4.79 Å². The second-order valence-electron chi connectivity index (χ2n) is 5.58. The number of para-hydroxylation sites is 1. The summed E-state index contributed by atoms with van der Waals surface area (Å²) in [6.07, 6.45) is 1.44. The van der Waals surface area contributed by atoms with E-state index in [0.29, 0.717) is 21.7 Å². The minimum atomic E-state index is -1.22. The second-order valence-corrected chi connectivity index (χ2v) is 6.02. The van der Waals surface area contributed by atoms with Gasteiger partial charge in [-0.2, -0.15) is 0 Å². The van der Waals surface area contributed by atoms with E-state index >= 15 is 0 Å². The van der Waals surface area contributed by atoms with E-state index in [1.807, 2.05) is 0 Å². The van der Waals surface area contributed by atoms with Crippen LogP contribution in [0.2, 0.25) is 5.02 Å². The smallest absolute Gasteiger partial charge is 0.341 e. The summed E-state index contributed by atoms with van der Waals surface area (Å²) in [4.78, 5) is 35.2. The maximum absolute atomic E-state index is 12.8. The number of halogens is 1. The number of hydrogen-bond donors (Lipinski definition) is 1. The first-order valence-corrected chi connectivity index (χ1v) is 8.10. The molecule has 0 bridgehead atoms. The van der Waals surface area contributed by atoms with Gasteiger partial charge in [-0.3, -0.25) is 14.2 Å². The molecule has 132 valence electrons. The number of aromatic nitrogens is 1. The summed E-state index contributed by atoms with van der Waals surface area (Å²) in [5.74, 6) is -2.16. The Morgan fingerprint density at radius 3 is 2.42 bits per heavy atom. The van der Waals surface area contributed by atoms with Crippen LogP contribution in [0.4, 0.5) is 0 Å². The fourth-order valence-electron chi connectivity index (χ4n) is 2.64. The molecule has 0 aliphatic heterocycles. The molecule has 0 saturated heterocycles. The highest BCUT2D eigenvalue weighted by molar-refractivity contribution is 6.30. The summed E-state index contributed by atoms with van der Waals surface area (Å²) in [5, 5.41) is 9.84. The summed E-state index contributed by atoms with van der Waals surface area (Å²) in [6, 6.07) is 13.7. The molecule has 3 rings (SSSR count). The van der Waals surface area contributed by atoms with Crippen molar-refractivity contribution in [3.63, 3.8) is 0 Å². The molecule has 0 radical (unpaired) electrons. The van der Waals surface area contributed by atoms with Crippen molar-refractivity contribution in [2.45, 2.75) is 6.42 Å². The SMILES string of the molecule is O=C(O)COC(=O)Cc1cn(C(=O)c2ccc(Cl)cc2)c2ccccc12. The van der Waals surface area contributed by atoms with Gasteiger partial charge < -0.3 is 9.84 Å². The molecule has 0 aliphatic carbocycles. The lowest BCUT2D eigenvalue weighted by atomic mass is 10.1. The van der Waals surface area contributed by atoms with Crippen LogP contribution in [0.15, 0.2) is 54.7 Å². The largest absolute Gasteiger partial charge is 0.479 e. The predicted molar refractivity (Wildman–Crippen MR) is 95.4 cm³/mol. The molecule has 0 spiro atoms. The van der Waals surface area contributed by atoms with Crippen LogP contribution in [0.3, 0.4) is 0 Å². The number of fused-ring (bicyclic) bond motifs is 1. The van der Waals surface area contributed by atoms with Crippen molar-refractivity contribution in [2.75, 3.05) is 6.61 Å². The molecule has 1 heterocycles. The third-order valence-electron chi connectivity index (χ3n) is 3.80. The molecule has 3 aromatic rings. The summed E-state index contributed by atoms with van der Waals surface area (Å²) < 4.78 is 6.13. The van der Waals surface area contributed by atoms with Crippen molar-refractivity contribution < 1.29 is 24.2 Å². The molecule has 0 unspecified atom stereocenters. The van der Waals surface area contributed by atoms with Gasteiger partial charge in [0.2, 0.25) is 0 Å². The lowest BCUT2D eigenvalue weighted by Gasteiger charge is -2.04. The second kappa shape index (κ2) is 7.41. The van der Waals surface area contributed by atoms with Crippen LogP contribution >= 0.6 is 11.6 Å². The van der Waals surface area contributed by atoms with E-state index in [9.17, 15) is 14.4 Å². The quantitative estimate of drug-likeness (QED) is 0.696. The van der Waals surface area contributed by atoms with E-state index in [4.69, 9.17) is 16.7 Å². The van der Waals surface area contributed by atoms with Gasteiger partial charge in [0.1, 0.15) is 0 Å². The van der Waals surface area contributed by atoms with Gasteiger partial charge in [0.25, 0.3) is 5.91 Å². The third kappa shape index (κ3) is 3.75. The minimum Gasteiger partial charge on any atom is -0.479 e. The van der Waals surface area contributed by atoms with Crippen molar-refractivity contribution in [1.82, 2.24) is 4.57 Å². The summed E-state index contributed by atoms with van der Waals surface area (Å²) in [7, 11) is 0. The Labute approximate surface area is 153 Å². The molecule has 0 amide bonds. The van der Waals surface area contributed by atoms with Crippen molar-refractivity contribution in [3.05, 3.63) is 70.9 Å². The number of ether oxygens (including phenoxy) is 1. The number of rotatable bonds is 5. The van der Waals surface area contributed by atoms with E-state index in [-0.39, 0.29) is 12.3 Å². The van der Waals surface area contributed by atoms with Gasteiger partial charge in [-0.15, -0.1) is 0 Å². The first kappa shape index (κ1) is 17.7. The van der Waals surface area contributed by atoms with Crippen LogP contribution in [0, 0.1) is 0 Å². The zero-order valence-electron chi connectivity index (χ0n) is 13.5. The lowest BCUT2D eigenvalue weighted by Crippen LogP contribution is -2.14. The Morgan fingerprint density at radius 2 is 1.73 bits per heavy atom. The molecular weight excluding hydrogens is 358 g/mol. The molecule has 0 atom stereocenters. The fourth-order valence-corrected chi connectivity index (χ4v) is 2.77. The van der Waals surface area contributed by atoms with E-state index in [1.165, 1.54) is 4.57 Å². The Bertz CT molecular complexity index is 991. The van der Waals surface area contributed by atoms with E-state index in [1.54, 1.807) is 54.7 Å². The molecule has 6 nitrogen and oxygen atoms in total. The maximum atomic E-state index is 12.8. The Morgan fingerprint density at radius 1 is 1.04 bits per heavy atom. The molecular formula is C19H14ClNO5. The highest BCUT2D eigenvalue weighted by Crippen LogP contribution is 2.23. The number of carboxylic acid groups (broad SMARTS) is 1. The van der Waals surface area contributed by atoms with Gasteiger partial charge in [0, 0.05) is 22.2 Å². The molecule has 0 fully saturated rings. The first-order chi connectivity index (χ1) is 12.5. The van der Waals surface area contributed by atoms with Crippen molar-refractivity contribution in [1.29, 1.82) is 0 Å². The van der Waals surface area contributed by atoms with Gasteiger partial charge in [0.15, 0.2) is 6.61 Å². The highest BCUT2D eigenvalue weighted by Gasteiger charge is 2.17. The van der Waals surface area contributed by atoms with Gasteiger partial charge in [-0.05, 0) is 35.9 Å². The number of aliphatic carboxylic acids is 1. The molecule has 7 heteroatoms. The van der Waals surface area contributed by atoms with E-state index in [0.717, 1.165) is 5.39 Å². The van der Waals surface area contributed by atoms with Gasteiger partial charge >= 0.3 is 11.9 Å². The van der Waals surface area contributed by atoms with Crippen LogP contribution in [-0.4, -0.2) is 34.1 Å². The molecule has 0 saturated carbocycles. The maximum Gasteiger partial charge on any atom is 0.341 e. The van der Waals surface area contributed by atoms with Gasteiger partial charge in [0.05, 0.1) is 11.9 Å². The molecule has 26 heavy (non-hydrogen) atoms. The first-order valence-electron chi connectivity index (χ1n) is 7.72. The zero-order chi connectivity index (χ0) is 18.7. The Balaban J connectivity index is 1.94. The molecule has 1 aromatic heterocycles. The zero-order valence-corrected chi connectivity index (χ0v) is 14.3. The summed E-state index contributed by atoms with van der Waals surface area (Å²) in [6.45, 7) is -0.693. The third-order valence-corrected chi connectivity index (χ3v) is 4.05. The van der Waals surface area contributed by atoms with Crippen molar-refractivity contribution in [3.8, 4) is 0 Å². The molecule has 0 aliphatic rings.